The van der Waals surface area contributed by atoms with Crippen LogP contribution in [0.15, 0.2) is 60.8 Å². The molecule has 1 aromatic heterocycles. The summed E-state index contributed by atoms with van der Waals surface area (Å²) in [6.07, 6.45) is 1.60. The fourth-order valence-corrected chi connectivity index (χ4v) is 2.67. The van der Waals surface area contributed by atoms with Gasteiger partial charge >= 0.3 is 0 Å². The maximum absolute atomic E-state index is 12.5. The zero-order chi connectivity index (χ0) is 20.8. The molecule has 7 heteroatoms. The molecule has 1 heterocycles. The summed E-state index contributed by atoms with van der Waals surface area (Å²) >= 11 is 0. The molecule has 3 rings (SSSR count). The molecule has 0 atom stereocenters. The SMILES string of the molecule is COc1cc(OC)cc(C(=O)Nc2ccc(Nc3ccc(N(C)C)cc3)nc2)c1. The third-order valence-corrected chi connectivity index (χ3v) is 4.29. The van der Waals surface area contributed by atoms with E-state index in [0.717, 1.165) is 11.4 Å². The number of carbonyl (C=O) groups excluding carboxylic acids is 1. The number of nitrogens with zero attached hydrogens (tertiary/aromatic N) is 2. The van der Waals surface area contributed by atoms with Gasteiger partial charge in [0, 0.05) is 37.1 Å². The Morgan fingerprint density at radius 2 is 1.52 bits per heavy atom. The van der Waals surface area contributed by atoms with Crippen molar-refractivity contribution < 1.29 is 14.3 Å². The van der Waals surface area contributed by atoms with E-state index in [0.29, 0.717) is 28.6 Å². The molecule has 7 nitrogen and oxygen atoms in total. The standard InChI is InChI=1S/C22H24N4O3/c1-26(2)18-8-5-16(6-9-18)24-21-10-7-17(14-23-21)25-22(27)15-11-19(28-3)13-20(12-15)29-4/h5-14H,1-4H3,(H,23,24)(H,25,27). The van der Waals surface area contributed by atoms with Crippen LogP contribution in [0.25, 0.3) is 0 Å². The number of rotatable bonds is 7. The van der Waals surface area contributed by atoms with Gasteiger partial charge in [0.05, 0.1) is 26.1 Å². The first-order valence-electron chi connectivity index (χ1n) is 9.03. The summed E-state index contributed by atoms with van der Waals surface area (Å²) in [5, 5.41) is 6.06. The minimum atomic E-state index is -0.274. The van der Waals surface area contributed by atoms with Crippen LogP contribution in [-0.2, 0) is 0 Å². The van der Waals surface area contributed by atoms with E-state index in [1.54, 1.807) is 44.7 Å². The van der Waals surface area contributed by atoms with Crippen LogP contribution in [0, 0.1) is 0 Å². The van der Waals surface area contributed by atoms with Crippen molar-refractivity contribution >= 4 is 28.8 Å². The average Bonchev–Trinajstić information content (AvgIpc) is 2.75. The van der Waals surface area contributed by atoms with E-state index >= 15 is 0 Å². The van der Waals surface area contributed by atoms with Crippen molar-refractivity contribution in [2.24, 2.45) is 0 Å². The number of benzene rings is 2. The molecule has 0 radical (unpaired) electrons. The molecule has 0 fully saturated rings. The van der Waals surface area contributed by atoms with Crippen LogP contribution in [-0.4, -0.2) is 39.2 Å². The molecule has 2 aromatic carbocycles. The van der Waals surface area contributed by atoms with E-state index in [-0.39, 0.29) is 5.91 Å². The van der Waals surface area contributed by atoms with Crippen LogP contribution in [0.3, 0.4) is 0 Å². The highest BCUT2D eigenvalue weighted by Gasteiger charge is 2.10. The van der Waals surface area contributed by atoms with Crippen molar-refractivity contribution in [1.82, 2.24) is 4.98 Å². The Labute approximate surface area is 170 Å². The minimum absolute atomic E-state index is 0.274. The van der Waals surface area contributed by atoms with Gasteiger partial charge in [-0.2, -0.15) is 0 Å². The van der Waals surface area contributed by atoms with Crippen molar-refractivity contribution in [2.75, 3.05) is 43.8 Å². The molecule has 0 aliphatic carbocycles. The maximum atomic E-state index is 12.5. The lowest BCUT2D eigenvalue weighted by molar-refractivity contribution is 0.102. The quantitative estimate of drug-likeness (QED) is 0.629. The molecule has 2 N–H and O–H groups in total. The molecule has 0 aliphatic heterocycles. The number of ether oxygens (including phenoxy) is 2. The van der Waals surface area contributed by atoms with Gasteiger partial charge in [0.15, 0.2) is 0 Å². The van der Waals surface area contributed by atoms with Gasteiger partial charge in [-0.1, -0.05) is 0 Å². The molecule has 0 saturated heterocycles. The second-order valence-electron chi connectivity index (χ2n) is 6.55. The summed E-state index contributed by atoms with van der Waals surface area (Å²) < 4.78 is 10.4. The van der Waals surface area contributed by atoms with Gasteiger partial charge in [-0.05, 0) is 48.5 Å². The van der Waals surface area contributed by atoms with Crippen molar-refractivity contribution in [2.45, 2.75) is 0 Å². The summed E-state index contributed by atoms with van der Waals surface area (Å²) in [6, 6.07) is 16.6. The molecular formula is C22H24N4O3. The second-order valence-corrected chi connectivity index (χ2v) is 6.55. The Kier molecular flexibility index (Phi) is 6.19. The third kappa shape index (κ3) is 5.16. The van der Waals surface area contributed by atoms with Crippen molar-refractivity contribution in [1.29, 1.82) is 0 Å². The minimum Gasteiger partial charge on any atom is -0.497 e. The largest absolute Gasteiger partial charge is 0.497 e. The highest BCUT2D eigenvalue weighted by atomic mass is 16.5. The van der Waals surface area contributed by atoms with Gasteiger partial charge in [0.1, 0.15) is 17.3 Å². The molecule has 0 spiro atoms. The number of aromatic nitrogens is 1. The normalized spacial score (nSPS) is 10.2. The molecule has 0 aliphatic rings. The van der Waals surface area contributed by atoms with Crippen LogP contribution < -0.4 is 25.0 Å². The zero-order valence-corrected chi connectivity index (χ0v) is 16.9. The number of hydrogen-bond donors (Lipinski definition) is 2. The van der Waals surface area contributed by atoms with E-state index in [2.05, 4.69) is 15.6 Å². The first-order valence-corrected chi connectivity index (χ1v) is 9.03. The maximum Gasteiger partial charge on any atom is 0.255 e. The Hall–Kier alpha value is -3.74. The fraction of sp³-hybridized carbons (Fsp3) is 0.182. The van der Waals surface area contributed by atoms with E-state index in [1.807, 2.05) is 49.3 Å². The van der Waals surface area contributed by atoms with Gasteiger partial charge in [0.2, 0.25) is 0 Å². The number of carbonyl (C=O) groups is 1. The van der Waals surface area contributed by atoms with Crippen LogP contribution in [0.2, 0.25) is 0 Å². The molecule has 150 valence electrons. The van der Waals surface area contributed by atoms with Crippen molar-refractivity contribution in [3.63, 3.8) is 0 Å². The van der Waals surface area contributed by atoms with E-state index in [4.69, 9.17) is 9.47 Å². The molecule has 3 aromatic rings. The van der Waals surface area contributed by atoms with E-state index in [1.165, 1.54) is 0 Å². The predicted molar refractivity (Wildman–Crippen MR) is 116 cm³/mol. The Morgan fingerprint density at radius 3 is 2.03 bits per heavy atom. The average molecular weight is 392 g/mol. The number of pyridine rings is 1. The highest BCUT2D eigenvalue weighted by molar-refractivity contribution is 6.04. The smallest absolute Gasteiger partial charge is 0.255 e. The molecule has 29 heavy (non-hydrogen) atoms. The number of anilines is 4. The van der Waals surface area contributed by atoms with Crippen molar-refractivity contribution in [3.05, 3.63) is 66.4 Å². The first-order chi connectivity index (χ1) is 14.0. The predicted octanol–water partition coefficient (Wildman–Crippen LogP) is 4.16. The topological polar surface area (TPSA) is 75.7 Å². The zero-order valence-electron chi connectivity index (χ0n) is 16.9. The van der Waals surface area contributed by atoms with E-state index in [9.17, 15) is 4.79 Å². The summed E-state index contributed by atoms with van der Waals surface area (Å²) in [4.78, 5) is 18.9. The first kappa shape index (κ1) is 20.0. The van der Waals surface area contributed by atoms with Gasteiger partial charge < -0.3 is 25.0 Å². The van der Waals surface area contributed by atoms with Gasteiger partial charge in [-0.25, -0.2) is 4.98 Å². The summed E-state index contributed by atoms with van der Waals surface area (Å²) in [5.74, 6) is 1.51. The lowest BCUT2D eigenvalue weighted by Crippen LogP contribution is -2.12. The Morgan fingerprint density at radius 1 is 0.897 bits per heavy atom. The van der Waals surface area contributed by atoms with Gasteiger partial charge in [-0.15, -0.1) is 0 Å². The van der Waals surface area contributed by atoms with Crippen LogP contribution in [0.5, 0.6) is 11.5 Å². The fourth-order valence-electron chi connectivity index (χ4n) is 2.67. The third-order valence-electron chi connectivity index (χ3n) is 4.29. The molecule has 0 saturated carbocycles. The van der Waals surface area contributed by atoms with Crippen LogP contribution >= 0.6 is 0 Å². The van der Waals surface area contributed by atoms with Gasteiger partial charge in [-0.3, -0.25) is 4.79 Å². The molecule has 0 unspecified atom stereocenters. The molecule has 1 amide bonds. The summed E-state index contributed by atoms with van der Waals surface area (Å²) in [5.41, 5.74) is 3.08. The van der Waals surface area contributed by atoms with E-state index < -0.39 is 0 Å². The second kappa shape index (κ2) is 8.97. The Balaban J connectivity index is 1.66. The lowest BCUT2D eigenvalue weighted by atomic mass is 10.2. The molecule has 0 bridgehead atoms. The summed E-state index contributed by atoms with van der Waals surface area (Å²) in [6.45, 7) is 0. The van der Waals surface area contributed by atoms with Crippen LogP contribution in [0.1, 0.15) is 10.4 Å². The van der Waals surface area contributed by atoms with Crippen LogP contribution in [0.4, 0.5) is 22.9 Å². The molecular weight excluding hydrogens is 368 g/mol. The number of amides is 1. The van der Waals surface area contributed by atoms with Crippen molar-refractivity contribution in [3.8, 4) is 11.5 Å². The Bertz CT molecular complexity index is 948. The number of methoxy groups -OCH3 is 2. The lowest BCUT2D eigenvalue weighted by Gasteiger charge is -2.13. The number of hydrogen-bond acceptors (Lipinski definition) is 6. The monoisotopic (exact) mass is 392 g/mol. The highest BCUT2D eigenvalue weighted by Crippen LogP contribution is 2.24. The van der Waals surface area contributed by atoms with Gasteiger partial charge in [0.25, 0.3) is 5.91 Å². The number of nitrogens with one attached hydrogen (secondary N) is 2. The summed E-state index contributed by atoms with van der Waals surface area (Å²) in [7, 11) is 7.08.